The molecule has 1 aromatic carbocycles. The van der Waals surface area contributed by atoms with Gasteiger partial charge in [-0.3, -0.25) is 0 Å². The van der Waals surface area contributed by atoms with E-state index in [2.05, 4.69) is 14.9 Å². The lowest BCUT2D eigenvalue weighted by atomic mass is 10.2. The minimum Gasteiger partial charge on any atom is -0.391 e. The average molecular weight is 342 g/mol. The SMILES string of the molecule is OCc1cnc(SCc2ccc(Cl)c(Cl)c2)nc1N1CC1. The van der Waals surface area contributed by atoms with Gasteiger partial charge in [-0.15, -0.1) is 0 Å². The second-order valence-electron chi connectivity index (χ2n) is 4.68. The molecule has 0 aliphatic carbocycles. The van der Waals surface area contributed by atoms with Crippen LogP contribution in [0.3, 0.4) is 0 Å². The van der Waals surface area contributed by atoms with Gasteiger partial charge in [0.25, 0.3) is 0 Å². The Balaban J connectivity index is 1.72. The third-order valence-corrected chi connectivity index (χ3v) is 4.76. The number of hydrogen-bond donors (Lipinski definition) is 1. The van der Waals surface area contributed by atoms with Crippen LogP contribution in [0.1, 0.15) is 11.1 Å². The van der Waals surface area contributed by atoms with Crippen molar-refractivity contribution in [3.63, 3.8) is 0 Å². The van der Waals surface area contributed by atoms with Gasteiger partial charge in [-0.2, -0.15) is 0 Å². The molecule has 21 heavy (non-hydrogen) atoms. The molecule has 0 radical (unpaired) electrons. The van der Waals surface area contributed by atoms with Gasteiger partial charge in [0.1, 0.15) is 5.82 Å². The minimum atomic E-state index is -0.0381. The van der Waals surface area contributed by atoms with Gasteiger partial charge in [0.05, 0.1) is 16.7 Å². The largest absolute Gasteiger partial charge is 0.391 e. The van der Waals surface area contributed by atoms with Gasteiger partial charge in [0.15, 0.2) is 5.16 Å². The maximum absolute atomic E-state index is 9.31. The molecule has 1 aliphatic heterocycles. The Hall–Kier alpha value is -1.01. The zero-order valence-electron chi connectivity index (χ0n) is 11.1. The van der Waals surface area contributed by atoms with Gasteiger partial charge < -0.3 is 10.0 Å². The summed E-state index contributed by atoms with van der Waals surface area (Å²) in [7, 11) is 0. The molecule has 0 amide bonds. The highest BCUT2D eigenvalue weighted by atomic mass is 35.5. The molecule has 1 saturated heterocycles. The second kappa shape index (κ2) is 6.40. The molecule has 1 N–H and O–H groups in total. The fourth-order valence-electron chi connectivity index (χ4n) is 1.88. The maximum Gasteiger partial charge on any atom is 0.189 e. The van der Waals surface area contributed by atoms with Crippen LogP contribution in [0, 0.1) is 0 Å². The van der Waals surface area contributed by atoms with Gasteiger partial charge in [0.2, 0.25) is 0 Å². The molecule has 1 fully saturated rings. The number of aromatic nitrogens is 2. The summed E-state index contributed by atoms with van der Waals surface area (Å²) in [4.78, 5) is 10.9. The highest BCUT2D eigenvalue weighted by molar-refractivity contribution is 7.98. The Kier molecular flexibility index (Phi) is 4.54. The Morgan fingerprint density at radius 3 is 2.71 bits per heavy atom. The fraction of sp³-hybridized carbons (Fsp3) is 0.286. The lowest BCUT2D eigenvalue weighted by Crippen LogP contribution is -2.03. The molecule has 110 valence electrons. The van der Waals surface area contributed by atoms with Crippen LogP contribution in [-0.4, -0.2) is 28.2 Å². The molecule has 2 heterocycles. The summed E-state index contributed by atoms with van der Waals surface area (Å²) < 4.78 is 0. The van der Waals surface area contributed by atoms with Gasteiger partial charge in [0, 0.05) is 30.6 Å². The van der Waals surface area contributed by atoms with Gasteiger partial charge in [-0.25, -0.2) is 9.97 Å². The molecule has 1 aliphatic rings. The fourth-order valence-corrected chi connectivity index (χ4v) is 2.95. The summed E-state index contributed by atoms with van der Waals surface area (Å²) in [5.41, 5.74) is 1.84. The quantitative estimate of drug-likeness (QED) is 0.513. The van der Waals surface area contributed by atoms with Crippen molar-refractivity contribution in [2.75, 3.05) is 18.0 Å². The number of hydrogen-bond acceptors (Lipinski definition) is 5. The van der Waals surface area contributed by atoms with Crippen molar-refractivity contribution in [3.8, 4) is 0 Å². The van der Waals surface area contributed by atoms with Crippen molar-refractivity contribution >= 4 is 40.8 Å². The molecule has 0 saturated carbocycles. The molecule has 0 spiro atoms. The molecule has 3 rings (SSSR count). The topological polar surface area (TPSA) is 49.0 Å². The van der Waals surface area contributed by atoms with Crippen molar-refractivity contribution in [1.82, 2.24) is 9.97 Å². The average Bonchev–Trinajstić information content (AvgIpc) is 3.33. The zero-order chi connectivity index (χ0) is 14.8. The van der Waals surface area contributed by atoms with Gasteiger partial charge in [-0.1, -0.05) is 41.0 Å². The van der Waals surface area contributed by atoms with E-state index in [0.717, 1.165) is 35.8 Å². The molecule has 7 heteroatoms. The van der Waals surface area contributed by atoms with Crippen LogP contribution < -0.4 is 4.90 Å². The van der Waals surface area contributed by atoms with E-state index in [1.807, 2.05) is 12.1 Å². The van der Waals surface area contributed by atoms with E-state index in [1.165, 1.54) is 11.8 Å². The molecule has 0 atom stereocenters. The van der Waals surface area contributed by atoms with Gasteiger partial charge >= 0.3 is 0 Å². The van der Waals surface area contributed by atoms with Crippen LogP contribution in [0.2, 0.25) is 10.0 Å². The maximum atomic E-state index is 9.31. The molecule has 0 unspecified atom stereocenters. The van der Waals surface area contributed by atoms with Crippen LogP contribution in [0.5, 0.6) is 0 Å². The Morgan fingerprint density at radius 1 is 1.24 bits per heavy atom. The summed E-state index contributed by atoms with van der Waals surface area (Å²) in [6, 6.07) is 5.58. The summed E-state index contributed by atoms with van der Waals surface area (Å²) in [5.74, 6) is 1.55. The Morgan fingerprint density at radius 2 is 2.05 bits per heavy atom. The predicted molar refractivity (Wildman–Crippen MR) is 86.2 cm³/mol. The molecule has 4 nitrogen and oxygen atoms in total. The van der Waals surface area contributed by atoms with E-state index in [1.54, 1.807) is 12.3 Å². The molecule has 2 aromatic rings. The van der Waals surface area contributed by atoms with Crippen LogP contribution in [0.25, 0.3) is 0 Å². The van der Waals surface area contributed by atoms with E-state index >= 15 is 0 Å². The monoisotopic (exact) mass is 341 g/mol. The Labute approximate surface area is 137 Å². The third-order valence-electron chi connectivity index (χ3n) is 3.09. The summed E-state index contributed by atoms with van der Waals surface area (Å²) in [6.07, 6.45) is 1.69. The van der Waals surface area contributed by atoms with E-state index in [4.69, 9.17) is 23.2 Å². The molecule has 1 aromatic heterocycles. The summed E-state index contributed by atoms with van der Waals surface area (Å²) in [6.45, 7) is 1.94. The standard InChI is InChI=1S/C14H13Cl2N3OS/c15-11-2-1-9(5-12(11)16)8-21-14-17-6-10(7-20)13(18-14)19-3-4-19/h1-2,5-6,20H,3-4,7-8H2. The first-order chi connectivity index (χ1) is 10.2. The number of halogens is 2. The van der Waals surface area contributed by atoms with E-state index < -0.39 is 0 Å². The molecular weight excluding hydrogens is 329 g/mol. The van der Waals surface area contributed by atoms with E-state index in [0.29, 0.717) is 15.2 Å². The number of rotatable bonds is 5. The Bertz CT molecular complexity index is 665. The number of benzene rings is 1. The number of thioether (sulfide) groups is 1. The van der Waals surface area contributed by atoms with E-state index in [9.17, 15) is 5.11 Å². The lowest BCUT2D eigenvalue weighted by Gasteiger charge is -2.09. The number of aliphatic hydroxyl groups excluding tert-OH is 1. The predicted octanol–water partition coefficient (Wildman–Crippen LogP) is 3.39. The third kappa shape index (κ3) is 3.61. The van der Waals surface area contributed by atoms with E-state index in [-0.39, 0.29) is 6.61 Å². The minimum absolute atomic E-state index is 0.0381. The van der Waals surface area contributed by atoms with Crippen molar-refractivity contribution in [2.24, 2.45) is 0 Å². The number of nitrogens with zero attached hydrogens (tertiary/aromatic N) is 3. The van der Waals surface area contributed by atoms with Crippen molar-refractivity contribution in [3.05, 3.63) is 45.6 Å². The lowest BCUT2D eigenvalue weighted by molar-refractivity contribution is 0.281. The van der Waals surface area contributed by atoms with Crippen molar-refractivity contribution in [2.45, 2.75) is 17.5 Å². The van der Waals surface area contributed by atoms with Crippen molar-refractivity contribution in [1.29, 1.82) is 0 Å². The highest BCUT2D eigenvalue weighted by Crippen LogP contribution is 2.29. The van der Waals surface area contributed by atoms with Crippen LogP contribution in [0.15, 0.2) is 29.6 Å². The molecular formula is C14H13Cl2N3OS. The van der Waals surface area contributed by atoms with Crippen molar-refractivity contribution < 1.29 is 5.11 Å². The first-order valence-corrected chi connectivity index (χ1v) is 8.20. The molecule has 0 bridgehead atoms. The highest BCUT2D eigenvalue weighted by Gasteiger charge is 2.23. The van der Waals surface area contributed by atoms with Crippen LogP contribution in [0.4, 0.5) is 5.82 Å². The number of aliphatic hydroxyl groups is 1. The first kappa shape index (κ1) is 14.9. The van der Waals surface area contributed by atoms with Crippen LogP contribution in [-0.2, 0) is 12.4 Å². The second-order valence-corrected chi connectivity index (χ2v) is 6.44. The van der Waals surface area contributed by atoms with Gasteiger partial charge in [-0.05, 0) is 17.7 Å². The first-order valence-electron chi connectivity index (χ1n) is 6.46. The van der Waals surface area contributed by atoms with Crippen LogP contribution >= 0.6 is 35.0 Å². The summed E-state index contributed by atoms with van der Waals surface area (Å²) in [5, 5.41) is 11.1. The number of anilines is 1. The normalized spacial score (nSPS) is 13.6. The summed E-state index contributed by atoms with van der Waals surface area (Å²) >= 11 is 13.4. The smallest absolute Gasteiger partial charge is 0.189 e. The zero-order valence-corrected chi connectivity index (χ0v) is 13.4.